The first-order valence-electron chi connectivity index (χ1n) is 23.9. The van der Waals surface area contributed by atoms with Crippen molar-refractivity contribution >= 4 is 29.7 Å². The van der Waals surface area contributed by atoms with E-state index in [1.807, 2.05) is 30.3 Å². The van der Waals surface area contributed by atoms with Gasteiger partial charge in [0.25, 0.3) is 0 Å². The molecule has 1 aromatic rings. The van der Waals surface area contributed by atoms with E-state index in [0.29, 0.717) is 45.1 Å². The Morgan fingerprint density at radius 3 is 1.65 bits per heavy atom. The predicted octanol–water partition coefficient (Wildman–Crippen LogP) is -5.95. The van der Waals surface area contributed by atoms with Crippen molar-refractivity contribution in [1.29, 1.82) is 0 Å². The molecule has 3 aliphatic rings. The molecular formula is C45H72N4O23. The van der Waals surface area contributed by atoms with Crippen molar-refractivity contribution < 1.29 is 113 Å². The first-order chi connectivity index (χ1) is 34.4. The van der Waals surface area contributed by atoms with Crippen LogP contribution in [0.1, 0.15) is 56.9 Å². The molecule has 15 atom stereocenters. The van der Waals surface area contributed by atoms with Crippen molar-refractivity contribution in [3.05, 3.63) is 35.9 Å². The summed E-state index contributed by atoms with van der Waals surface area (Å²) in [6.07, 6.45) is -22.1. The number of carbonyl (C=O) groups is 5. The molecule has 0 spiro atoms. The van der Waals surface area contributed by atoms with Gasteiger partial charge in [0.15, 0.2) is 18.9 Å². The lowest BCUT2D eigenvalue weighted by atomic mass is 9.96. The van der Waals surface area contributed by atoms with Gasteiger partial charge in [0, 0.05) is 32.5 Å². The third-order valence-corrected chi connectivity index (χ3v) is 11.9. The zero-order valence-corrected chi connectivity index (χ0v) is 39.7. The van der Waals surface area contributed by atoms with Gasteiger partial charge >= 0.3 is 11.9 Å². The quantitative estimate of drug-likeness (QED) is 0.0243. The molecule has 3 amide bonds. The molecular weight excluding hydrogens is 964 g/mol. The third kappa shape index (κ3) is 19.6. The van der Waals surface area contributed by atoms with Crippen LogP contribution < -0.4 is 16.0 Å². The minimum atomic E-state index is -1.93. The number of carboxylic acids is 1. The van der Waals surface area contributed by atoms with Crippen LogP contribution in [0.5, 0.6) is 0 Å². The first-order valence-corrected chi connectivity index (χ1v) is 23.9. The summed E-state index contributed by atoms with van der Waals surface area (Å²) in [5.74, 6) is -2.88. The molecule has 1 aromatic carbocycles. The van der Waals surface area contributed by atoms with Gasteiger partial charge in [0.1, 0.15) is 79.9 Å². The molecule has 0 aliphatic carbocycles. The van der Waals surface area contributed by atoms with Crippen LogP contribution in [-0.2, 0) is 63.7 Å². The molecule has 0 radical (unpaired) electrons. The number of ether oxygens (including phenoxy) is 7. The minimum Gasteiger partial charge on any atom is -0.480 e. The van der Waals surface area contributed by atoms with Gasteiger partial charge in [-0.3, -0.25) is 28.9 Å². The zero-order valence-electron chi connectivity index (χ0n) is 39.7. The second-order valence-corrected chi connectivity index (χ2v) is 17.6. The average molecular weight is 1040 g/mol. The monoisotopic (exact) mass is 1040 g/mol. The van der Waals surface area contributed by atoms with Crippen molar-refractivity contribution in [3.8, 4) is 0 Å². The highest BCUT2D eigenvalue weighted by atomic mass is 16.7. The van der Waals surface area contributed by atoms with Crippen LogP contribution in [0.2, 0.25) is 0 Å². The van der Waals surface area contributed by atoms with E-state index in [-0.39, 0.29) is 64.1 Å². The number of unbranched alkanes of at least 4 members (excludes halogenated alkanes) is 4. The first kappa shape index (κ1) is 60.4. The molecule has 72 heavy (non-hydrogen) atoms. The van der Waals surface area contributed by atoms with Gasteiger partial charge in [-0.15, -0.1) is 0 Å². The number of nitrogens with zero attached hydrogens (tertiary/aromatic N) is 1. The van der Waals surface area contributed by atoms with E-state index in [2.05, 4.69) is 16.0 Å². The number of amides is 3. The van der Waals surface area contributed by atoms with Crippen LogP contribution in [0, 0.1) is 0 Å². The maximum absolute atomic E-state index is 12.6. The molecule has 3 aliphatic heterocycles. The molecule has 0 saturated carbocycles. The van der Waals surface area contributed by atoms with E-state index in [0.717, 1.165) is 5.56 Å². The van der Waals surface area contributed by atoms with Gasteiger partial charge in [-0.05, 0) is 31.2 Å². The third-order valence-electron chi connectivity index (χ3n) is 11.9. The molecule has 0 unspecified atom stereocenters. The van der Waals surface area contributed by atoms with Gasteiger partial charge in [0.05, 0.1) is 46.1 Å². The summed E-state index contributed by atoms with van der Waals surface area (Å²) < 4.78 is 38.6. The largest absolute Gasteiger partial charge is 0.480 e. The summed E-state index contributed by atoms with van der Waals surface area (Å²) in [6, 6.07) is 9.29. The fraction of sp³-hybridized carbons (Fsp3) is 0.756. The summed E-state index contributed by atoms with van der Waals surface area (Å²) in [5, 5.41) is 121. The van der Waals surface area contributed by atoms with Crippen molar-refractivity contribution in [3.63, 3.8) is 0 Å². The van der Waals surface area contributed by atoms with Crippen LogP contribution in [0.3, 0.4) is 0 Å². The summed E-state index contributed by atoms with van der Waals surface area (Å²) in [4.78, 5) is 62.2. The molecule has 27 heteroatoms. The normalized spacial score (nSPS) is 30.6. The second-order valence-electron chi connectivity index (χ2n) is 17.6. The van der Waals surface area contributed by atoms with Crippen LogP contribution in [0.25, 0.3) is 0 Å². The molecule has 0 aromatic heterocycles. The number of aliphatic carboxylic acids is 1. The molecule has 4 rings (SSSR count). The SMILES string of the molecule is O=C(O)CN(CC(=O)NCCCCCC(=O)NCCO[C@@H]1O[C@H](CO[C@H]2O[C@H](CO)[C@@H](O)[C@H](O)[C@@H]2O)[C@@H](O)[C@H](O[C@H]2O[C@H](CO)[C@@H](O)[C@H](O)[C@@H]2O)[C@@H]1O)CC(=O)NCCCCCC(=O)OCc1ccccc1. The van der Waals surface area contributed by atoms with E-state index in [1.165, 1.54) is 4.90 Å². The van der Waals surface area contributed by atoms with E-state index in [4.69, 9.17) is 33.2 Å². The Morgan fingerprint density at radius 1 is 0.542 bits per heavy atom. The smallest absolute Gasteiger partial charge is 0.317 e. The Hall–Kier alpha value is -4.11. The summed E-state index contributed by atoms with van der Waals surface area (Å²) in [7, 11) is 0. The topological polar surface area (TPSA) is 412 Å². The number of rotatable bonds is 31. The summed E-state index contributed by atoms with van der Waals surface area (Å²) >= 11 is 0. The standard InChI is InChI=1S/C45H72N4O23/c50-21-26-34(58)37(61)39(63)43(69-26)68-24-28-36(60)42(72-45-40(64)38(62)35(59)27(22-51)70-45)41(65)44(71-28)66-17-16-48-29(52)12-6-2-8-14-46-30(53)18-49(20-32(55)56)19-31(54)47-15-9-3-7-13-33(57)67-23-25-10-4-1-5-11-25/h1,4-5,10-11,26-28,34-45,50-51,58-65H,2-3,6-9,12-24H2,(H,46,53)(H,47,54)(H,48,52)(H,55,56)/t26-,27-,28-,34-,35-,36-,37+,38+,39+,40+,41+,42+,43+,44-,45-/m1/s1. The number of aliphatic hydroxyl groups is 10. The molecule has 3 saturated heterocycles. The fourth-order valence-corrected chi connectivity index (χ4v) is 7.82. The lowest BCUT2D eigenvalue weighted by molar-refractivity contribution is -0.366. The highest BCUT2D eigenvalue weighted by molar-refractivity contribution is 5.82. The van der Waals surface area contributed by atoms with Crippen LogP contribution in [0.15, 0.2) is 30.3 Å². The van der Waals surface area contributed by atoms with Gasteiger partial charge in [-0.25, -0.2) is 0 Å². The van der Waals surface area contributed by atoms with E-state index < -0.39 is 136 Å². The minimum absolute atomic E-state index is 0.0812. The molecule has 0 bridgehead atoms. The van der Waals surface area contributed by atoms with Gasteiger partial charge in [-0.2, -0.15) is 0 Å². The van der Waals surface area contributed by atoms with Crippen LogP contribution >= 0.6 is 0 Å². The number of esters is 1. The number of carboxylic acid groups (broad SMARTS) is 1. The second kappa shape index (κ2) is 31.6. The molecule has 14 N–H and O–H groups in total. The zero-order chi connectivity index (χ0) is 52.7. The molecule has 3 fully saturated rings. The molecule has 3 heterocycles. The predicted molar refractivity (Wildman–Crippen MR) is 241 cm³/mol. The fourth-order valence-electron chi connectivity index (χ4n) is 7.82. The lowest BCUT2D eigenvalue weighted by Gasteiger charge is -2.46. The van der Waals surface area contributed by atoms with E-state index >= 15 is 0 Å². The summed E-state index contributed by atoms with van der Waals surface area (Å²) in [5.41, 5.74) is 0.889. The maximum Gasteiger partial charge on any atom is 0.317 e. The number of hydrogen-bond acceptors (Lipinski definition) is 23. The van der Waals surface area contributed by atoms with Crippen molar-refractivity contribution in [2.45, 2.75) is 150 Å². The van der Waals surface area contributed by atoms with Crippen molar-refractivity contribution in [2.24, 2.45) is 0 Å². The van der Waals surface area contributed by atoms with Crippen molar-refractivity contribution in [2.75, 3.05) is 65.7 Å². The Morgan fingerprint density at radius 2 is 1.07 bits per heavy atom. The average Bonchev–Trinajstić information content (AvgIpc) is 3.35. The number of nitrogens with one attached hydrogen (secondary N) is 3. The maximum atomic E-state index is 12.6. The van der Waals surface area contributed by atoms with Gasteiger partial charge in [-0.1, -0.05) is 43.2 Å². The number of aliphatic hydroxyl groups excluding tert-OH is 10. The highest BCUT2D eigenvalue weighted by Gasteiger charge is 2.52. The molecule has 410 valence electrons. The Kier molecular flexibility index (Phi) is 26.5. The van der Waals surface area contributed by atoms with Crippen LogP contribution in [-0.4, -0.2) is 249 Å². The Balaban J connectivity index is 1.13. The Labute approximate surface area is 414 Å². The number of hydrogen-bond donors (Lipinski definition) is 14. The molecule has 27 nitrogen and oxygen atoms in total. The van der Waals surface area contributed by atoms with Gasteiger partial charge < -0.3 is 105 Å². The number of benzene rings is 1. The van der Waals surface area contributed by atoms with Crippen LogP contribution in [0.4, 0.5) is 0 Å². The lowest BCUT2D eigenvalue weighted by Crippen LogP contribution is -2.65. The van der Waals surface area contributed by atoms with Crippen molar-refractivity contribution in [1.82, 2.24) is 20.9 Å². The summed E-state index contributed by atoms with van der Waals surface area (Å²) in [6.45, 7) is -3.11. The Bertz CT molecular complexity index is 1790. The van der Waals surface area contributed by atoms with E-state index in [1.54, 1.807) is 0 Å². The highest BCUT2D eigenvalue weighted by Crippen LogP contribution is 2.31. The van der Waals surface area contributed by atoms with E-state index in [9.17, 15) is 80.1 Å². The number of carbonyl (C=O) groups excluding carboxylic acids is 4. The van der Waals surface area contributed by atoms with Gasteiger partial charge in [0.2, 0.25) is 17.7 Å².